The van der Waals surface area contributed by atoms with Crippen LogP contribution in [0.15, 0.2) is 72.2 Å². The summed E-state index contributed by atoms with van der Waals surface area (Å²) < 4.78 is 15.7. The lowest BCUT2D eigenvalue weighted by Gasteiger charge is -2.13. The lowest BCUT2D eigenvalue weighted by molar-refractivity contribution is 0.606. The van der Waals surface area contributed by atoms with E-state index in [1.165, 1.54) is 17.2 Å². The molecule has 0 aliphatic rings. The molecule has 148 valence electrons. The van der Waals surface area contributed by atoms with Crippen LogP contribution in [0.4, 0.5) is 4.39 Å². The molecule has 28 heavy (non-hydrogen) atoms. The largest absolute Gasteiger partial charge is 0.356 e. The van der Waals surface area contributed by atoms with Crippen LogP contribution in [0.5, 0.6) is 0 Å². The second kappa shape index (κ2) is 11.4. The molecule has 2 aromatic carbocycles. The predicted molar refractivity (Wildman–Crippen MR) is 121 cm³/mol. The molecule has 1 heterocycles. The molecule has 0 aliphatic carbocycles. The number of rotatable bonds is 7. The minimum Gasteiger partial charge on any atom is -0.356 e. The summed E-state index contributed by atoms with van der Waals surface area (Å²) in [6.07, 6.45) is 6.15. The van der Waals surface area contributed by atoms with E-state index in [1.807, 2.05) is 23.2 Å². The predicted octanol–water partition coefficient (Wildman–Crippen LogP) is 3.60. The summed E-state index contributed by atoms with van der Waals surface area (Å²) in [5.74, 6) is 0.531. The van der Waals surface area contributed by atoms with Crippen LogP contribution in [0.25, 0.3) is 0 Å². The van der Waals surface area contributed by atoms with Gasteiger partial charge in [0.1, 0.15) is 5.82 Å². The average molecular weight is 493 g/mol. The molecule has 0 atom stereocenters. The summed E-state index contributed by atoms with van der Waals surface area (Å²) in [7, 11) is 1.73. The normalized spacial score (nSPS) is 11.0. The Labute approximate surface area is 182 Å². The SMILES string of the molecule is CN=C(NCCc1ccccc1F)NCc1cccc(Cn2ccnc2)c1.I. The van der Waals surface area contributed by atoms with Crippen molar-refractivity contribution in [3.8, 4) is 0 Å². The van der Waals surface area contributed by atoms with Gasteiger partial charge < -0.3 is 15.2 Å². The van der Waals surface area contributed by atoms with Gasteiger partial charge in [0.15, 0.2) is 5.96 Å². The van der Waals surface area contributed by atoms with Gasteiger partial charge in [0.05, 0.1) is 6.33 Å². The molecule has 0 bridgehead atoms. The fourth-order valence-electron chi connectivity index (χ4n) is 2.85. The highest BCUT2D eigenvalue weighted by atomic mass is 127. The van der Waals surface area contributed by atoms with Crippen LogP contribution in [-0.2, 0) is 19.5 Å². The quantitative estimate of drug-likeness (QED) is 0.301. The third kappa shape index (κ3) is 6.63. The maximum atomic E-state index is 13.7. The first-order valence-electron chi connectivity index (χ1n) is 8.96. The minimum absolute atomic E-state index is 0. The first kappa shape index (κ1) is 21.9. The van der Waals surface area contributed by atoms with Crippen LogP contribution in [0.1, 0.15) is 16.7 Å². The van der Waals surface area contributed by atoms with Crippen LogP contribution < -0.4 is 10.6 Å². The molecule has 0 unspecified atom stereocenters. The maximum Gasteiger partial charge on any atom is 0.191 e. The van der Waals surface area contributed by atoms with E-state index >= 15 is 0 Å². The zero-order valence-electron chi connectivity index (χ0n) is 15.8. The van der Waals surface area contributed by atoms with Crippen LogP contribution >= 0.6 is 24.0 Å². The third-order valence-electron chi connectivity index (χ3n) is 4.24. The van der Waals surface area contributed by atoms with Gasteiger partial charge >= 0.3 is 0 Å². The fourth-order valence-corrected chi connectivity index (χ4v) is 2.85. The zero-order chi connectivity index (χ0) is 18.9. The summed E-state index contributed by atoms with van der Waals surface area (Å²) in [5, 5.41) is 6.52. The van der Waals surface area contributed by atoms with E-state index in [0.29, 0.717) is 31.0 Å². The monoisotopic (exact) mass is 493 g/mol. The summed E-state index contributed by atoms with van der Waals surface area (Å²) in [4.78, 5) is 8.30. The van der Waals surface area contributed by atoms with Crippen molar-refractivity contribution in [3.63, 3.8) is 0 Å². The molecule has 3 rings (SSSR count). The first-order valence-corrected chi connectivity index (χ1v) is 8.96. The Bertz CT molecular complexity index is 880. The van der Waals surface area contributed by atoms with Crippen molar-refractivity contribution in [1.29, 1.82) is 0 Å². The molecule has 0 saturated heterocycles. The number of hydrogen-bond donors (Lipinski definition) is 2. The summed E-state index contributed by atoms with van der Waals surface area (Å²) >= 11 is 0. The molecule has 0 amide bonds. The van der Waals surface area contributed by atoms with Crippen molar-refractivity contribution in [2.45, 2.75) is 19.5 Å². The summed E-state index contributed by atoms with van der Waals surface area (Å²) in [5.41, 5.74) is 3.09. The van der Waals surface area contributed by atoms with E-state index in [0.717, 1.165) is 6.54 Å². The van der Waals surface area contributed by atoms with Gasteiger partial charge in [-0.2, -0.15) is 0 Å². The van der Waals surface area contributed by atoms with Gasteiger partial charge in [0, 0.05) is 39.1 Å². The van der Waals surface area contributed by atoms with E-state index in [9.17, 15) is 4.39 Å². The smallest absolute Gasteiger partial charge is 0.191 e. The second-order valence-electron chi connectivity index (χ2n) is 6.25. The van der Waals surface area contributed by atoms with Crippen molar-refractivity contribution >= 4 is 29.9 Å². The van der Waals surface area contributed by atoms with Gasteiger partial charge in [-0.05, 0) is 29.2 Å². The van der Waals surface area contributed by atoms with Crippen molar-refractivity contribution in [3.05, 3.63) is 89.8 Å². The topological polar surface area (TPSA) is 54.2 Å². The summed E-state index contributed by atoms with van der Waals surface area (Å²) in [6.45, 7) is 2.07. The van der Waals surface area contributed by atoms with Crippen molar-refractivity contribution < 1.29 is 4.39 Å². The molecule has 0 radical (unpaired) electrons. The molecule has 0 fully saturated rings. The van der Waals surface area contributed by atoms with Gasteiger partial charge in [-0.15, -0.1) is 24.0 Å². The Balaban J connectivity index is 0.00000280. The lowest BCUT2D eigenvalue weighted by Crippen LogP contribution is -2.37. The van der Waals surface area contributed by atoms with Gasteiger partial charge in [-0.1, -0.05) is 42.5 Å². The third-order valence-corrected chi connectivity index (χ3v) is 4.24. The van der Waals surface area contributed by atoms with Crippen molar-refractivity contribution in [2.75, 3.05) is 13.6 Å². The average Bonchev–Trinajstić information content (AvgIpc) is 3.19. The number of nitrogens with one attached hydrogen (secondary N) is 2. The van der Waals surface area contributed by atoms with Crippen molar-refractivity contribution in [1.82, 2.24) is 20.2 Å². The standard InChI is InChI=1S/C21H24FN5.HI/c1-23-21(25-10-9-19-7-2-3-8-20(19)22)26-14-17-5-4-6-18(13-17)15-27-12-11-24-16-27;/h2-8,11-13,16H,9-10,14-15H2,1H3,(H2,23,25,26);1H. The lowest BCUT2D eigenvalue weighted by atomic mass is 10.1. The number of halogens is 2. The second-order valence-corrected chi connectivity index (χ2v) is 6.25. The zero-order valence-corrected chi connectivity index (χ0v) is 18.1. The highest BCUT2D eigenvalue weighted by molar-refractivity contribution is 14.0. The van der Waals surface area contributed by atoms with Gasteiger partial charge in [-0.25, -0.2) is 9.37 Å². The highest BCUT2D eigenvalue weighted by Gasteiger charge is 2.03. The highest BCUT2D eigenvalue weighted by Crippen LogP contribution is 2.08. The van der Waals surface area contributed by atoms with Crippen LogP contribution in [0.2, 0.25) is 0 Å². The van der Waals surface area contributed by atoms with Gasteiger partial charge in [0.2, 0.25) is 0 Å². The van der Waals surface area contributed by atoms with E-state index < -0.39 is 0 Å². The number of hydrogen-bond acceptors (Lipinski definition) is 2. The van der Waals surface area contributed by atoms with Gasteiger partial charge in [0.25, 0.3) is 0 Å². The van der Waals surface area contributed by atoms with E-state index in [1.54, 1.807) is 25.4 Å². The van der Waals surface area contributed by atoms with Crippen LogP contribution in [-0.4, -0.2) is 29.1 Å². The Morgan fingerprint density at radius 3 is 2.68 bits per heavy atom. The van der Waals surface area contributed by atoms with E-state index in [2.05, 4.69) is 44.9 Å². The van der Waals surface area contributed by atoms with Crippen LogP contribution in [0, 0.1) is 5.82 Å². The van der Waals surface area contributed by atoms with Crippen LogP contribution in [0.3, 0.4) is 0 Å². The van der Waals surface area contributed by atoms with Crippen molar-refractivity contribution in [2.24, 2.45) is 4.99 Å². The number of nitrogens with zero attached hydrogens (tertiary/aromatic N) is 3. The molecule has 0 aliphatic heterocycles. The Hall–Kier alpha value is -2.42. The first-order chi connectivity index (χ1) is 13.2. The molecule has 2 N–H and O–H groups in total. The Kier molecular flexibility index (Phi) is 8.93. The molecule has 0 spiro atoms. The number of guanidine groups is 1. The summed E-state index contributed by atoms with van der Waals surface area (Å²) in [6, 6.07) is 15.2. The molecule has 0 saturated carbocycles. The Morgan fingerprint density at radius 2 is 1.93 bits per heavy atom. The van der Waals surface area contributed by atoms with E-state index in [-0.39, 0.29) is 29.8 Å². The fraction of sp³-hybridized carbons (Fsp3) is 0.238. The van der Waals surface area contributed by atoms with Gasteiger partial charge in [-0.3, -0.25) is 4.99 Å². The van der Waals surface area contributed by atoms with E-state index in [4.69, 9.17) is 0 Å². The molecule has 3 aromatic rings. The number of aliphatic imine (C=N–C) groups is 1. The minimum atomic E-state index is -0.169. The molecular formula is C21H25FIN5. The molecular weight excluding hydrogens is 468 g/mol. The molecule has 1 aromatic heterocycles. The Morgan fingerprint density at radius 1 is 1.11 bits per heavy atom. The number of imidazole rings is 1. The maximum absolute atomic E-state index is 13.7. The number of aromatic nitrogens is 2. The number of benzene rings is 2. The molecule has 7 heteroatoms. The molecule has 5 nitrogen and oxygen atoms in total.